The summed E-state index contributed by atoms with van der Waals surface area (Å²) in [5.74, 6) is 0.570. The Balaban J connectivity index is 0.00000384. The predicted octanol–water partition coefficient (Wildman–Crippen LogP) is 3.86. The highest BCUT2D eigenvalue weighted by atomic mass is 32.2. The van der Waals surface area contributed by atoms with Gasteiger partial charge in [0.15, 0.2) is 11.0 Å². The molecule has 3 N–H and O–H groups in total. The number of aromatic nitrogens is 2. The number of hydrogen-bond acceptors (Lipinski definition) is 7. The van der Waals surface area contributed by atoms with Crippen molar-refractivity contribution in [3.63, 3.8) is 0 Å². The van der Waals surface area contributed by atoms with Crippen LogP contribution in [-0.4, -0.2) is 75.8 Å². The predicted molar refractivity (Wildman–Crippen MR) is 169 cm³/mol. The number of carbonyl (C=O) groups excluding carboxylic acids is 1. The minimum absolute atomic E-state index is 0. The lowest BCUT2D eigenvalue weighted by Crippen LogP contribution is -2.61. The fourth-order valence-electron chi connectivity index (χ4n) is 5.46. The number of pyridine rings is 2. The minimum atomic E-state index is -1.65. The lowest BCUT2D eigenvalue weighted by molar-refractivity contribution is -0.118. The number of rotatable bonds is 11. The second-order valence-electron chi connectivity index (χ2n) is 10.9. The topological polar surface area (TPSA) is 119 Å². The van der Waals surface area contributed by atoms with Crippen LogP contribution in [0.15, 0.2) is 90.2 Å². The molecule has 2 saturated heterocycles. The van der Waals surface area contributed by atoms with E-state index < -0.39 is 16.8 Å². The van der Waals surface area contributed by atoms with Gasteiger partial charge in [-0.05, 0) is 71.6 Å². The van der Waals surface area contributed by atoms with Crippen molar-refractivity contribution in [1.29, 1.82) is 0 Å². The molecule has 0 aliphatic carbocycles. The van der Waals surface area contributed by atoms with Crippen molar-refractivity contribution in [2.45, 2.75) is 30.2 Å². The molecular weight excluding hydrogens is 581 g/mol. The monoisotopic (exact) mass is 617 g/mol. The lowest BCUT2D eigenvalue weighted by atomic mass is 10.0. The van der Waals surface area contributed by atoms with Crippen molar-refractivity contribution < 1.29 is 23.6 Å². The molecule has 4 heterocycles. The SMILES string of the molecule is O.O=C(CCc1cccnc1)Cc1ccc(NS(=O)c2ccc(F)cc2-c2ccnc(N3CC(N4CCOCC4)C3)c2)cc1. The average Bonchev–Trinajstić information content (AvgIpc) is 3.01. The van der Waals surface area contributed by atoms with E-state index in [1.54, 1.807) is 24.7 Å². The molecule has 4 aromatic rings. The Morgan fingerprint density at radius 3 is 2.55 bits per heavy atom. The zero-order valence-corrected chi connectivity index (χ0v) is 25.1. The van der Waals surface area contributed by atoms with Gasteiger partial charge in [0, 0.05) is 74.9 Å². The third-order valence-electron chi connectivity index (χ3n) is 7.93. The summed E-state index contributed by atoms with van der Waals surface area (Å²) in [7, 11) is -1.65. The summed E-state index contributed by atoms with van der Waals surface area (Å²) in [5, 5.41) is 0. The fourth-order valence-corrected chi connectivity index (χ4v) is 6.49. The Morgan fingerprint density at radius 1 is 1.00 bits per heavy atom. The third-order valence-corrected chi connectivity index (χ3v) is 9.10. The second-order valence-corrected chi connectivity index (χ2v) is 12.1. The van der Waals surface area contributed by atoms with Crippen LogP contribution in [0.1, 0.15) is 17.5 Å². The Hall–Kier alpha value is -4.03. The standard InChI is InChI=1S/C33H34FN5O3S.H2O/c34-27-6-10-32(31(20-27)26-11-13-36-33(19-26)39-22-29(23-39)38-14-16-42-17-15-38)43(41)37-28-7-3-24(4-8-28)18-30(40)9-5-25-2-1-12-35-21-25;/h1-4,6-8,10-13,19-21,29,37H,5,9,14-18,22-23H2;1H2. The number of benzene rings is 2. The maximum Gasteiger partial charge on any atom is 0.150 e. The number of anilines is 2. The van der Waals surface area contributed by atoms with Gasteiger partial charge in [-0.1, -0.05) is 18.2 Å². The number of Topliss-reactive ketones (excluding diaryl/α,β-unsaturated/α-hetero) is 1. The van der Waals surface area contributed by atoms with E-state index in [9.17, 15) is 13.4 Å². The summed E-state index contributed by atoms with van der Waals surface area (Å²) >= 11 is 0. The fraction of sp³-hybridized carbons (Fsp3) is 0.303. The number of carbonyl (C=O) groups is 1. The highest BCUT2D eigenvalue weighted by molar-refractivity contribution is 7.86. The Labute approximate surface area is 259 Å². The molecule has 230 valence electrons. The smallest absolute Gasteiger partial charge is 0.150 e. The highest BCUT2D eigenvalue weighted by Crippen LogP contribution is 2.31. The van der Waals surface area contributed by atoms with Crippen molar-refractivity contribution in [2.24, 2.45) is 0 Å². The van der Waals surface area contributed by atoms with E-state index in [1.807, 2.05) is 48.5 Å². The zero-order valence-electron chi connectivity index (χ0n) is 24.3. The van der Waals surface area contributed by atoms with E-state index in [-0.39, 0.29) is 11.3 Å². The number of aryl methyl sites for hydroxylation is 1. The largest absolute Gasteiger partial charge is 0.412 e. The molecule has 9 nitrogen and oxygen atoms in total. The van der Waals surface area contributed by atoms with Crippen LogP contribution in [0, 0.1) is 5.82 Å². The van der Waals surface area contributed by atoms with E-state index in [0.29, 0.717) is 41.5 Å². The number of hydrogen-bond donors (Lipinski definition) is 1. The molecule has 0 amide bonds. The van der Waals surface area contributed by atoms with Crippen molar-refractivity contribution in [3.8, 4) is 11.1 Å². The first-order chi connectivity index (χ1) is 21.0. The summed E-state index contributed by atoms with van der Waals surface area (Å²) < 4.78 is 36.4. The zero-order chi connectivity index (χ0) is 29.6. The number of nitrogens with one attached hydrogen (secondary N) is 1. The molecule has 0 spiro atoms. The van der Waals surface area contributed by atoms with Gasteiger partial charge < -0.3 is 19.8 Å². The van der Waals surface area contributed by atoms with Gasteiger partial charge in [0.2, 0.25) is 0 Å². The van der Waals surface area contributed by atoms with Crippen LogP contribution in [0.4, 0.5) is 15.9 Å². The molecule has 1 atom stereocenters. The van der Waals surface area contributed by atoms with Crippen molar-refractivity contribution >= 4 is 28.3 Å². The number of nitrogens with zero attached hydrogens (tertiary/aromatic N) is 4. The maximum atomic E-state index is 14.4. The van der Waals surface area contributed by atoms with Crippen LogP contribution in [0.25, 0.3) is 11.1 Å². The number of morpholine rings is 1. The van der Waals surface area contributed by atoms with Gasteiger partial charge in [0.1, 0.15) is 17.4 Å². The minimum Gasteiger partial charge on any atom is -0.412 e. The maximum absolute atomic E-state index is 14.4. The van der Waals surface area contributed by atoms with Crippen LogP contribution >= 0.6 is 0 Å². The third kappa shape index (κ3) is 7.72. The molecular formula is C33H36FN5O4S. The van der Waals surface area contributed by atoms with Gasteiger partial charge in [-0.25, -0.2) is 13.6 Å². The first-order valence-corrected chi connectivity index (χ1v) is 15.7. The molecule has 0 radical (unpaired) electrons. The lowest BCUT2D eigenvalue weighted by Gasteiger charge is -2.47. The Bertz CT molecular complexity index is 1580. The van der Waals surface area contributed by atoms with Crippen LogP contribution in [0.5, 0.6) is 0 Å². The average molecular weight is 618 g/mol. The molecule has 2 fully saturated rings. The van der Waals surface area contributed by atoms with Gasteiger partial charge in [-0.3, -0.25) is 14.7 Å². The molecule has 0 bridgehead atoms. The number of ketones is 1. The van der Waals surface area contributed by atoms with E-state index in [4.69, 9.17) is 4.74 Å². The molecule has 6 rings (SSSR count). The van der Waals surface area contributed by atoms with Gasteiger partial charge >= 0.3 is 0 Å². The molecule has 44 heavy (non-hydrogen) atoms. The highest BCUT2D eigenvalue weighted by Gasteiger charge is 2.33. The Morgan fingerprint density at radius 2 is 1.80 bits per heavy atom. The summed E-state index contributed by atoms with van der Waals surface area (Å²) in [6.07, 6.45) is 6.66. The van der Waals surface area contributed by atoms with Crippen LogP contribution in [-0.2, 0) is 33.4 Å². The molecule has 11 heteroatoms. The molecule has 2 aliphatic heterocycles. The second kappa shape index (κ2) is 14.6. The summed E-state index contributed by atoms with van der Waals surface area (Å²) in [6.45, 7) is 5.21. The normalized spacial score (nSPS) is 16.1. The molecule has 2 aromatic heterocycles. The summed E-state index contributed by atoms with van der Waals surface area (Å²) in [5.41, 5.74) is 3.88. The first kappa shape index (κ1) is 31.4. The van der Waals surface area contributed by atoms with E-state index in [0.717, 1.165) is 61.9 Å². The van der Waals surface area contributed by atoms with Crippen LogP contribution < -0.4 is 9.62 Å². The molecule has 0 saturated carbocycles. The van der Waals surface area contributed by atoms with Crippen molar-refractivity contribution in [3.05, 3.63) is 102 Å². The summed E-state index contributed by atoms with van der Waals surface area (Å²) in [6, 6.07) is 19.7. The van der Waals surface area contributed by atoms with Crippen molar-refractivity contribution in [2.75, 3.05) is 49.0 Å². The van der Waals surface area contributed by atoms with Gasteiger partial charge in [-0.2, -0.15) is 0 Å². The number of halogens is 1. The van der Waals surface area contributed by atoms with Gasteiger partial charge in [-0.15, -0.1) is 0 Å². The van der Waals surface area contributed by atoms with Gasteiger partial charge in [0.05, 0.1) is 18.1 Å². The molecule has 2 aromatic carbocycles. The number of ether oxygens (including phenoxy) is 1. The van der Waals surface area contributed by atoms with E-state index in [2.05, 4.69) is 24.5 Å². The van der Waals surface area contributed by atoms with E-state index >= 15 is 0 Å². The van der Waals surface area contributed by atoms with Crippen LogP contribution in [0.3, 0.4) is 0 Å². The van der Waals surface area contributed by atoms with Crippen molar-refractivity contribution in [1.82, 2.24) is 14.9 Å². The molecule has 2 aliphatic rings. The summed E-state index contributed by atoms with van der Waals surface area (Å²) in [4.78, 5) is 26.3. The first-order valence-electron chi connectivity index (χ1n) is 14.5. The quantitative estimate of drug-likeness (QED) is 0.272. The van der Waals surface area contributed by atoms with E-state index in [1.165, 1.54) is 12.1 Å². The van der Waals surface area contributed by atoms with Crippen LogP contribution in [0.2, 0.25) is 0 Å². The Kier molecular flexibility index (Phi) is 10.4. The molecule has 1 unspecified atom stereocenters. The van der Waals surface area contributed by atoms with Gasteiger partial charge in [0.25, 0.3) is 0 Å².